The van der Waals surface area contributed by atoms with Gasteiger partial charge >= 0.3 is 0 Å². The number of nitrogens with zero attached hydrogens (tertiary/aromatic N) is 2. The number of aliphatic hydroxyl groups is 1. The normalized spacial score (nSPS) is 14.1. The lowest BCUT2D eigenvalue weighted by molar-refractivity contribution is -0.137. The van der Waals surface area contributed by atoms with Crippen LogP contribution in [-0.4, -0.2) is 40.0 Å². The molecular formula is C21H19N3O4. The van der Waals surface area contributed by atoms with Gasteiger partial charge in [0, 0.05) is 17.3 Å². The summed E-state index contributed by atoms with van der Waals surface area (Å²) in [6.07, 6.45) is 1.24. The number of imide groups is 1. The molecule has 1 aliphatic rings. The molecule has 0 aliphatic carbocycles. The van der Waals surface area contributed by atoms with Gasteiger partial charge < -0.3 is 14.8 Å². The first-order valence-electron chi connectivity index (χ1n) is 8.90. The third kappa shape index (κ3) is 3.05. The molecule has 2 heterocycles. The number of rotatable bonds is 5. The third-order valence-corrected chi connectivity index (χ3v) is 4.71. The largest absolute Gasteiger partial charge is 0.436 e. The van der Waals surface area contributed by atoms with Crippen LogP contribution in [0.5, 0.6) is 0 Å². The van der Waals surface area contributed by atoms with Crippen LogP contribution in [-0.2, 0) is 9.59 Å². The second kappa shape index (κ2) is 6.94. The van der Waals surface area contributed by atoms with E-state index < -0.39 is 11.8 Å². The summed E-state index contributed by atoms with van der Waals surface area (Å²) in [5.74, 6) is -0.405. The van der Waals surface area contributed by atoms with Gasteiger partial charge in [0.15, 0.2) is 5.58 Å². The predicted molar refractivity (Wildman–Crippen MR) is 104 cm³/mol. The van der Waals surface area contributed by atoms with E-state index in [1.807, 2.05) is 50.2 Å². The highest BCUT2D eigenvalue weighted by atomic mass is 16.3. The molecule has 0 spiro atoms. The Balaban J connectivity index is 1.66. The molecule has 7 nitrogen and oxygen atoms in total. The summed E-state index contributed by atoms with van der Waals surface area (Å²) in [4.78, 5) is 29.9. The maximum atomic E-state index is 12.4. The summed E-state index contributed by atoms with van der Waals surface area (Å²) < 4.78 is 5.89. The van der Waals surface area contributed by atoms with Crippen molar-refractivity contribution in [2.24, 2.45) is 0 Å². The van der Waals surface area contributed by atoms with Crippen molar-refractivity contribution >= 4 is 28.6 Å². The van der Waals surface area contributed by atoms with Gasteiger partial charge in [0.25, 0.3) is 11.8 Å². The number of aliphatic hydroxyl groups excluding tert-OH is 1. The molecule has 4 rings (SSSR count). The first-order chi connectivity index (χ1) is 13.5. The second-order valence-electron chi connectivity index (χ2n) is 6.67. The number of anilines is 1. The van der Waals surface area contributed by atoms with Crippen molar-refractivity contribution in [3.05, 3.63) is 59.3 Å². The van der Waals surface area contributed by atoms with Crippen LogP contribution < -0.4 is 5.32 Å². The average Bonchev–Trinajstić information content (AvgIpc) is 3.19. The molecule has 0 saturated heterocycles. The Morgan fingerprint density at radius 1 is 1.18 bits per heavy atom. The number of aromatic nitrogens is 1. The molecule has 3 aromatic rings. The Morgan fingerprint density at radius 3 is 2.79 bits per heavy atom. The Morgan fingerprint density at radius 2 is 2.00 bits per heavy atom. The number of aryl methyl sites for hydroxylation is 1. The van der Waals surface area contributed by atoms with Crippen molar-refractivity contribution in [1.82, 2.24) is 9.88 Å². The molecule has 0 bridgehead atoms. The molecule has 0 saturated carbocycles. The topological polar surface area (TPSA) is 95.7 Å². The van der Waals surface area contributed by atoms with Crippen LogP contribution in [0.4, 0.5) is 5.69 Å². The number of carbonyl (C=O) groups is 2. The van der Waals surface area contributed by atoms with E-state index >= 15 is 0 Å². The summed E-state index contributed by atoms with van der Waals surface area (Å²) in [6.45, 7) is 3.59. The van der Waals surface area contributed by atoms with Crippen molar-refractivity contribution in [3.8, 4) is 11.5 Å². The van der Waals surface area contributed by atoms with Crippen molar-refractivity contribution < 1.29 is 19.1 Å². The summed E-state index contributed by atoms with van der Waals surface area (Å²) >= 11 is 0. The van der Waals surface area contributed by atoms with Crippen molar-refractivity contribution in [1.29, 1.82) is 0 Å². The molecule has 0 atom stereocenters. The molecule has 0 unspecified atom stereocenters. The predicted octanol–water partition coefficient (Wildman–Crippen LogP) is 2.77. The van der Waals surface area contributed by atoms with Crippen molar-refractivity contribution in [3.63, 3.8) is 0 Å². The summed E-state index contributed by atoms with van der Waals surface area (Å²) in [5.41, 5.74) is 5.07. The minimum Gasteiger partial charge on any atom is -0.436 e. The maximum absolute atomic E-state index is 12.4. The number of oxazole rings is 1. The highest BCUT2D eigenvalue weighted by molar-refractivity contribution is 6.17. The van der Waals surface area contributed by atoms with E-state index in [2.05, 4.69) is 10.3 Å². The van der Waals surface area contributed by atoms with Crippen LogP contribution in [0, 0.1) is 13.8 Å². The monoisotopic (exact) mass is 377 g/mol. The zero-order valence-electron chi connectivity index (χ0n) is 15.5. The van der Waals surface area contributed by atoms with Gasteiger partial charge in [-0.1, -0.05) is 12.1 Å². The number of hydrogen-bond acceptors (Lipinski definition) is 6. The molecule has 7 heteroatoms. The SMILES string of the molecule is Cc1ccc2oc(-c3cccc(NC4=CC(=O)N(CCO)C4=O)c3C)nc2c1. The van der Waals surface area contributed by atoms with Crippen LogP contribution in [0.2, 0.25) is 0 Å². The zero-order chi connectivity index (χ0) is 19.8. The smallest absolute Gasteiger partial charge is 0.277 e. The number of β-amino-alcohol motifs (C(OH)–C–C–N with tert-alkyl or cyclic N) is 1. The standard InChI is InChI=1S/C21H19N3O4/c1-12-6-7-18-16(10-12)23-20(28-18)14-4-3-5-15(13(14)2)22-17-11-19(26)24(8-9-25)21(17)27/h3-7,10-11,22,25H,8-9H2,1-2H3. The van der Waals surface area contributed by atoms with Crippen LogP contribution in [0.1, 0.15) is 11.1 Å². The van der Waals surface area contributed by atoms with E-state index in [-0.39, 0.29) is 18.8 Å². The number of amides is 2. The first-order valence-corrected chi connectivity index (χ1v) is 8.90. The Bertz CT molecular complexity index is 1130. The molecule has 1 aromatic heterocycles. The lowest BCUT2D eigenvalue weighted by atomic mass is 10.1. The van der Waals surface area contributed by atoms with Crippen LogP contribution in [0.25, 0.3) is 22.6 Å². The molecule has 2 aromatic carbocycles. The lowest BCUT2D eigenvalue weighted by Crippen LogP contribution is -2.34. The minimum absolute atomic E-state index is 0.0271. The molecule has 0 radical (unpaired) electrons. The van der Waals surface area contributed by atoms with E-state index in [1.54, 1.807) is 0 Å². The fourth-order valence-corrected chi connectivity index (χ4v) is 3.21. The fourth-order valence-electron chi connectivity index (χ4n) is 3.21. The number of benzene rings is 2. The van der Waals surface area contributed by atoms with E-state index in [1.165, 1.54) is 6.08 Å². The summed E-state index contributed by atoms with van der Waals surface area (Å²) in [6, 6.07) is 11.4. The Kier molecular flexibility index (Phi) is 4.44. The lowest BCUT2D eigenvalue weighted by Gasteiger charge is -2.15. The summed E-state index contributed by atoms with van der Waals surface area (Å²) in [5, 5.41) is 12.0. The molecule has 2 N–H and O–H groups in total. The van der Waals surface area contributed by atoms with Gasteiger partial charge in [0.05, 0.1) is 13.2 Å². The average molecular weight is 377 g/mol. The minimum atomic E-state index is -0.457. The van der Waals surface area contributed by atoms with Gasteiger partial charge in [-0.3, -0.25) is 14.5 Å². The van der Waals surface area contributed by atoms with Crippen LogP contribution >= 0.6 is 0 Å². The van der Waals surface area contributed by atoms with Gasteiger partial charge in [0.1, 0.15) is 11.2 Å². The van der Waals surface area contributed by atoms with Crippen LogP contribution in [0.3, 0.4) is 0 Å². The van der Waals surface area contributed by atoms with Crippen molar-refractivity contribution in [2.75, 3.05) is 18.5 Å². The van der Waals surface area contributed by atoms with E-state index in [0.29, 0.717) is 17.2 Å². The van der Waals surface area contributed by atoms with E-state index in [4.69, 9.17) is 9.52 Å². The third-order valence-electron chi connectivity index (χ3n) is 4.71. The Hall–Kier alpha value is -3.45. The highest BCUT2D eigenvalue weighted by Gasteiger charge is 2.31. The van der Waals surface area contributed by atoms with E-state index in [0.717, 1.165) is 27.1 Å². The molecule has 2 amide bonds. The van der Waals surface area contributed by atoms with Gasteiger partial charge in [-0.25, -0.2) is 4.98 Å². The first kappa shape index (κ1) is 17.9. The van der Waals surface area contributed by atoms with Gasteiger partial charge in [-0.2, -0.15) is 0 Å². The van der Waals surface area contributed by atoms with Crippen molar-refractivity contribution in [2.45, 2.75) is 13.8 Å². The molecule has 1 aliphatic heterocycles. The number of nitrogens with one attached hydrogen (secondary N) is 1. The molecule has 142 valence electrons. The zero-order valence-corrected chi connectivity index (χ0v) is 15.5. The van der Waals surface area contributed by atoms with E-state index in [9.17, 15) is 9.59 Å². The van der Waals surface area contributed by atoms with Crippen LogP contribution in [0.15, 0.2) is 52.6 Å². The quantitative estimate of drug-likeness (QED) is 0.664. The molecular weight excluding hydrogens is 358 g/mol. The number of fused-ring (bicyclic) bond motifs is 1. The number of carbonyl (C=O) groups excluding carboxylic acids is 2. The number of hydrogen-bond donors (Lipinski definition) is 2. The van der Waals surface area contributed by atoms with Gasteiger partial charge in [-0.15, -0.1) is 0 Å². The molecule has 0 fully saturated rings. The summed E-state index contributed by atoms with van der Waals surface area (Å²) in [7, 11) is 0. The highest BCUT2D eigenvalue weighted by Crippen LogP contribution is 2.31. The Labute approximate surface area is 161 Å². The fraction of sp³-hybridized carbons (Fsp3) is 0.190. The maximum Gasteiger partial charge on any atom is 0.277 e. The van der Waals surface area contributed by atoms with Gasteiger partial charge in [-0.05, 0) is 49.2 Å². The second-order valence-corrected chi connectivity index (χ2v) is 6.67. The van der Waals surface area contributed by atoms with Gasteiger partial charge in [0.2, 0.25) is 5.89 Å². The molecule has 28 heavy (non-hydrogen) atoms.